The van der Waals surface area contributed by atoms with Crippen molar-refractivity contribution in [1.29, 1.82) is 0 Å². The third kappa shape index (κ3) is 5.18. The number of anilines is 1. The highest BCUT2D eigenvalue weighted by molar-refractivity contribution is 5.92. The van der Waals surface area contributed by atoms with Gasteiger partial charge in [-0.15, -0.1) is 0 Å². The molecule has 0 aliphatic carbocycles. The van der Waals surface area contributed by atoms with Gasteiger partial charge in [0.15, 0.2) is 5.82 Å². The van der Waals surface area contributed by atoms with Gasteiger partial charge in [0.25, 0.3) is 0 Å². The summed E-state index contributed by atoms with van der Waals surface area (Å²) in [5.41, 5.74) is -1.22. The van der Waals surface area contributed by atoms with Crippen LogP contribution in [0.15, 0.2) is 71.3 Å². The molecule has 0 saturated carbocycles. The second-order valence-corrected chi connectivity index (χ2v) is 8.57. The molecule has 0 bridgehead atoms. The average Bonchev–Trinajstić information content (AvgIpc) is 3.29. The summed E-state index contributed by atoms with van der Waals surface area (Å²) in [6, 6.07) is 19.0. The van der Waals surface area contributed by atoms with Gasteiger partial charge in [0, 0.05) is 6.07 Å². The molecule has 1 aliphatic heterocycles. The van der Waals surface area contributed by atoms with Crippen LogP contribution in [0.4, 0.5) is 5.82 Å². The molecular weight excluding hydrogens is 434 g/mol. The summed E-state index contributed by atoms with van der Waals surface area (Å²) in [5, 5.41) is 21.5. The second kappa shape index (κ2) is 10.6. The van der Waals surface area contributed by atoms with E-state index in [2.05, 4.69) is 15.8 Å². The fraction of sp³-hybridized carbons (Fsp3) is 0.346. The Morgan fingerprint density at radius 1 is 1.18 bits per heavy atom. The molecule has 1 aliphatic rings. The molecule has 1 unspecified atom stereocenters. The molecule has 2 atom stereocenters. The van der Waals surface area contributed by atoms with Crippen molar-refractivity contribution in [3.05, 3.63) is 83.6 Å². The lowest BCUT2D eigenvalue weighted by atomic mass is 9.85. The maximum atomic E-state index is 13.4. The van der Waals surface area contributed by atoms with Crippen molar-refractivity contribution >= 4 is 17.7 Å². The molecule has 0 radical (unpaired) electrons. The molecular formula is C26H29N3O5. The Hall–Kier alpha value is -3.49. The molecule has 0 spiro atoms. The van der Waals surface area contributed by atoms with Gasteiger partial charge < -0.3 is 25.0 Å². The number of ether oxygens (including phenoxy) is 1. The lowest BCUT2D eigenvalue weighted by Crippen LogP contribution is -2.44. The van der Waals surface area contributed by atoms with E-state index in [1.165, 1.54) is 0 Å². The molecule has 1 amide bonds. The number of carbonyl (C=O) groups is 2. The second-order valence-electron chi connectivity index (χ2n) is 8.57. The van der Waals surface area contributed by atoms with E-state index in [0.29, 0.717) is 29.2 Å². The van der Waals surface area contributed by atoms with E-state index in [1.54, 1.807) is 61.5 Å². The Labute approximate surface area is 198 Å². The fourth-order valence-corrected chi connectivity index (χ4v) is 4.32. The van der Waals surface area contributed by atoms with Gasteiger partial charge in [-0.2, -0.15) is 0 Å². The predicted molar refractivity (Wildman–Crippen MR) is 126 cm³/mol. The molecule has 3 N–H and O–H groups in total. The molecule has 178 valence electrons. The minimum atomic E-state index is -2.00. The highest BCUT2D eigenvalue weighted by atomic mass is 16.6. The fourth-order valence-electron chi connectivity index (χ4n) is 4.32. The van der Waals surface area contributed by atoms with Crippen molar-refractivity contribution in [2.45, 2.75) is 25.4 Å². The predicted octanol–water partition coefficient (Wildman–Crippen LogP) is 3.02. The number of carbonyl (C=O) groups excluding carboxylic acids is 2. The van der Waals surface area contributed by atoms with Crippen LogP contribution in [0.5, 0.6) is 0 Å². The normalized spacial score (nSPS) is 17.1. The van der Waals surface area contributed by atoms with E-state index < -0.39 is 17.5 Å². The van der Waals surface area contributed by atoms with Gasteiger partial charge in [0.1, 0.15) is 12.4 Å². The van der Waals surface area contributed by atoms with Gasteiger partial charge in [-0.25, -0.2) is 4.79 Å². The molecule has 1 aromatic heterocycles. The van der Waals surface area contributed by atoms with E-state index in [1.807, 2.05) is 12.1 Å². The third-order valence-electron chi connectivity index (χ3n) is 6.19. The van der Waals surface area contributed by atoms with Crippen LogP contribution in [-0.2, 0) is 19.9 Å². The number of esters is 1. The van der Waals surface area contributed by atoms with Crippen LogP contribution in [0, 0.1) is 18.8 Å². The Balaban J connectivity index is 1.56. The number of nitrogens with one attached hydrogen (secondary N) is 2. The Bertz CT molecular complexity index is 1050. The number of nitrogens with zero attached hydrogens (tertiary/aromatic N) is 1. The van der Waals surface area contributed by atoms with Crippen LogP contribution >= 0.6 is 0 Å². The largest absolute Gasteiger partial charge is 0.462 e. The maximum Gasteiger partial charge on any atom is 0.347 e. The number of hydrogen-bond acceptors (Lipinski definition) is 7. The van der Waals surface area contributed by atoms with Gasteiger partial charge in [-0.1, -0.05) is 65.8 Å². The number of aromatic nitrogens is 1. The molecule has 4 rings (SSSR count). The van der Waals surface area contributed by atoms with Crippen molar-refractivity contribution in [2.24, 2.45) is 11.8 Å². The van der Waals surface area contributed by atoms with Crippen molar-refractivity contribution in [3.8, 4) is 0 Å². The van der Waals surface area contributed by atoms with Gasteiger partial charge in [-0.3, -0.25) is 4.79 Å². The summed E-state index contributed by atoms with van der Waals surface area (Å²) in [4.78, 5) is 26.5. The Morgan fingerprint density at radius 3 is 2.35 bits per heavy atom. The summed E-state index contributed by atoms with van der Waals surface area (Å²) in [6.07, 6.45) is 1.74. The molecule has 8 heteroatoms. The van der Waals surface area contributed by atoms with Crippen molar-refractivity contribution in [2.75, 3.05) is 25.0 Å². The highest BCUT2D eigenvalue weighted by Gasteiger charge is 2.42. The van der Waals surface area contributed by atoms with Gasteiger partial charge in [0.2, 0.25) is 11.5 Å². The summed E-state index contributed by atoms with van der Waals surface area (Å²) >= 11 is 0. The lowest BCUT2D eigenvalue weighted by molar-refractivity contribution is -0.164. The van der Waals surface area contributed by atoms with Crippen molar-refractivity contribution < 1.29 is 24.0 Å². The van der Waals surface area contributed by atoms with Crippen LogP contribution in [-0.4, -0.2) is 41.8 Å². The number of hydrogen-bond donors (Lipinski definition) is 3. The maximum absolute atomic E-state index is 13.4. The third-order valence-corrected chi connectivity index (χ3v) is 6.19. The Kier molecular flexibility index (Phi) is 7.40. The summed E-state index contributed by atoms with van der Waals surface area (Å²) in [7, 11) is 0. The topological polar surface area (TPSA) is 114 Å². The van der Waals surface area contributed by atoms with Crippen LogP contribution in [0.2, 0.25) is 0 Å². The first-order valence-electron chi connectivity index (χ1n) is 11.4. The van der Waals surface area contributed by atoms with Gasteiger partial charge >= 0.3 is 5.97 Å². The summed E-state index contributed by atoms with van der Waals surface area (Å²) < 4.78 is 10.7. The zero-order valence-corrected chi connectivity index (χ0v) is 19.1. The number of benzene rings is 2. The zero-order valence-electron chi connectivity index (χ0n) is 19.1. The standard InChI is InChI=1S/C26H29N3O5/c1-18-15-23(29-34-18)28-24(30)22(19-9-8-14-27-16-19)17-33-25(31)26(32,20-10-4-2-5-11-20)21-12-6-3-7-13-21/h2-7,10-13,15,19,22,27,32H,8-9,14,16-17H2,1H3,(H,28,29,30)/t19-,22?/m0/s1. The van der Waals surface area contributed by atoms with Crippen molar-refractivity contribution in [3.63, 3.8) is 0 Å². The Morgan fingerprint density at radius 2 is 1.82 bits per heavy atom. The van der Waals surface area contributed by atoms with Gasteiger partial charge in [-0.05, 0) is 49.9 Å². The number of aliphatic hydroxyl groups is 1. The van der Waals surface area contributed by atoms with E-state index in [-0.39, 0.29) is 18.4 Å². The quantitative estimate of drug-likeness (QED) is 0.440. The molecule has 8 nitrogen and oxygen atoms in total. The molecule has 3 aromatic rings. The molecule has 2 heterocycles. The summed E-state index contributed by atoms with van der Waals surface area (Å²) in [5.74, 6) is -0.900. The minimum absolute atomic E-state index is 0.0314. The number of piperidine rings is 1. The first-order chi connectivity index (χ1) is 16.5. The first kappa shape index (κ1) is 23.7. The average molecular weight is 464 g/mol. The first-order valence-corrected chi connectivity index (χ1v) is 11.4. The number of rotatable bonds is 8. The number of amides is 1. The molecule has 1 saturated heterocycles. The monoisotopic (exact) mass is 463 g/mol. The van der Waals surface area contributed by atoms with E-state index in [4.69, 9.17) is 9.26 Å². The highest BCUT2D eigenvalue weighted by Crippen LogP contribution is 2.32. The minimum Gasteiger partial charge on any atom is -0.462 e. The summed E-state index contributed by atoms with van der Waals surface area (Å²) in [6.45, 7) is 3.08. The van der Waals surface area contributed by atoms with Crippen LogP contribution in [0.3, 0.4) is 0 Å². The lowest BCUT2D eigenvalue weighted by Gasteiger charge is -2.31. The molecule has 1 fully saturated rings. The van der Waals surface area contributed by atoms with Crippen LogP contribution in [0.25, 0.3) is 0 Å². The van der Waals surface area contributed by atoms with Gasteiger partial charge in [0.05, 0.1) is 5.92 Å². The van der Waals surface area contributed by atoms with Crippen LogP contribution in [0.1, 0.15) is 29.7 Å². The smallest absolute Gasteiger partial charge is 0.347 e. The SMILES string of the molecule is Cc1cc(NC(=O)C(COC(=O)C(O)(c2ccccc2)c2ccccc2)[C@H]2CCCNC2)no1. The number of aryl methyl sites for hydroxylation is 1. The van der Waals surface area contributed by atoms with E-state index in [0.717, 1.165) is 19.4 Å². The molecule has 34 heavy (non-hydrogen) atoms. The molecule has 2 aromatic carbocycles. The van der Waals surface area contributed by atoms with E-state index in [9.17, 15) is 14.7 Å². The van der Waals surface area contributed by atoms with E-state index >= 15 is 0 Å². The van der Waals surface area contributed by atoms with Crippen LogP contribution < -0.4 is 10.6 Å². The zero-order chi connectivity index (χ0) is 24.0. The van der Waals surface area contributed by atoms with Crippen molar-refractivity contribution in [1.82, 2.24) is 10.5 Å².